The van der Waals surface area contributed by atoms with Gasteiger partial charge in [-0.15, -0.1) is 0 Å². The molecule has 0 amide bonds. The molecular weight excluding hydrogens is 246 g/mol. The Balaban J connectivity index is 1.98. The molecule has 1 aromatic heterocycles. The fourth-order valence-corrected chi connectivity index (χ4v) is 2.95. The first-order chi connectivity index (χ1) is 9.65. The molecule has 1 aliphatic carbocycles. The lowest BCUT2D eigenvalue weighted by Gasteiger charge is -2.20. The average molecular weight is 267 g/mol. The van der Waals surface area contributed by atoms with Gasteiger partial charge in [0.1, 0.15) is 6.10 Å². The van der Waals surface area contributed by atoms with Crippen LogP contribution in [0.1, 0.15) is 52.6 Å². The van der Waals surface area contributed by atoms with Crippen molar-refractivity contribution in [2.24, 2.45) is 0 Å². The quantitative estimate of drug-likeness (QED) is 0.900. The van der Waals surface area contributed by atoms with Crippen LogP contribution in [0, 0.1) is 13.8 Å². The van der Waals surface area contributed by atoms with Crippen LogP contribution in [0.4, 0.5) is 0 Å². The van der Waals surface area contributed by atoms with Crippen molar-refractivity contribution in [2.75, 3.05) is 0 Å². The van der Waals surface area contributed by atoms with Crippen LogP contribution in [0.15, 0.2) is 30.3 Å². The molecular formula is C18H21NO. The van der Waals surface area contributed by atoms with Crippen molar-refractivity contribution in [1.29, 1.82) is 0 Å². The van der Waals surface area contributed by atoms with Gasteiger partial charge in [0, 0.05) is 5.69 Å². The highest BCUT2D eigenvalue weighted by Crippen LogP contribution is 2.28. The van der Waals surface area contributed by atoms with Gasteiger partial charge < -0.3 is 5.11 Å². The van der Waals surface area contributed by atoms with Crippen molar-refractivity contribution in [2.45, 2.75) is 45.6 Å². The fraction of sp³-hybridized carbons (Fsp3) is 0.389. The van der Waals surface area contributed by atoms with Crippen molar-refractivity contribution < 1.29 is 5.11 Å². The number of aliphatic hydroxyl groups excluding tert-OH is 1. The minimum absolute atomic E-state index is 0.622. The predicted octanol–water partition coefficient (Wildman–Crippen LogP) is 3.66. The van der Waals surface area contributed by atoms with Crippen LogP contribution in [-0.4, -0.2) is 10.1 Å². The molecule has 3 rings (SSSR count). The van der Waals surface area contributed by atoms with Crippen molar-refractivity contribution in [1.82, 2.24) is 4.98 Å². The Bertz CT molecular complexity index is 616. The number of hydrogen-bond acceptors (Lipinski definition) is 2. The molecule has 0 fully saturated rings. The molecule has 104 valence electrons. The van der Waals surface area contributed by atoms with E-state index in [-0.39, 0.29) is 0 Å². The standard InChI is InChI=1S/C18H21NO/c1-12-7-9-14(10-8-12)18(20)17-13(2)11-15-5-3-4-6-16(15)19-17/h7-11,18,20H,3-6H2,1-2H3/t18-/m0/s1. The molecule has 0 aliphatic heterocycles. The van der Waals surface area contributed by atoms with E-state index in [0.717, 1.165) is 29.7 Å². The van der Waals surface area contributed by atoms with Crippen molar-refractivity contribution >= 4 is 0 Å². The van der Waals surface area contributed by atoms with Gasteiger partial charge in [-0.1, -0.05) is 35.9 Å². The van der Waals surface area contributed by atoms with E-state index in [0.29, 0.717) is 0 Å². The molecule has 0 saturated carbocycles. The Kier molecular flexibility index (Phi) is 3.58. The highest BCUT2D eigenvalue weighted by Gasteiger charge is 2.19. The normalized spacial score (nSPS) is 15.8. The van der Waals surface area contributed by atoms with E-state index in [1.807, 2.05) is 24.3 Å². The molecule has 1 atom stereocenters. The Morgan fingerprint density at radius 1 is 1.05 bits per heavy atom. The first-order valence-electron chi connectivity index (χ1n) is 7.39. The number of pyridine rings is 1. The largest absolute Gasteiger partial charge is 0.382 e. The van der Waals surface area contributed by atoms with Crippen molar-refractivity contribution in [3.63, 3.8) is 0 Å². The number of benzene rings is 1. The van der Waals surface area contributed by atoms with E-state index < -0.39 is 6.10 Å². The SMILES string of the molecule is Cc1ccc([C@H](O)c2nc3c(cc2C)CCCC3)cc1. The molecule has 2 nitrogen and oxygen atoms in total. The van der Waals surface area contributed by atoms with Crippen molar-refractivity contribution in [3.05, 3.63) is 64.0 Å². The molecule has 1 aliphatic rings. The van der Waals surface area contributed by atoms with Crippen LogP contribution in [-0.2, 0) is 12.8 Å². The summed E-state index contributed by atoms with van der Waals surface area (Å²) in [5, 5.41) is 10.6. The Labute approximate surface area is 120 Å². The molecule has 1 aromatic carbocycles. The van der Waals surface area contributed by atoms with Gasteiger partial charge in [0.05, 0.1) is 5.69 Å². The van der Waals surface area contributed by atoms with E-state index in [2.05, 4.69) is 19.9 Å². The number of hydrogen-bond donors (Lipinski definition) is 1. The number of fused-ring (bicyclic) bond motifs is 1. The number of nitrogens with zero attached hydrogens (tertiary/aromatic N) is 1. The molecule has 0 spiro atoms. The van der Waals surface area contributed by atoms with Gasteiger partial charge in [0.2, 0.25) is 0 Å². The van der Waals surface area contributed by atoms with Crippen LogP contribution >= 0.6 is 0 Å². The van der Waals surface area contributed by atoms with Gasteiger partial charge in [-0.05, 0) is 56.2 Å². The maximum Gasteiger partial charge on any atom is 0.121 e. The van der Waals surface area contributed by atoms with Crippen LogP contribution in [0.25, 0.3) is 0 Å². The van der Waals surface area contributed by atoms with E-state index in [1.165, 1.54) is 29.7 Å². The first kappa shape index (κ1) is 13.3. The molecule has 0 unspecified atom stereocenters. The smallest absolute Gasteiger partial charge is 0.121 e. The van der Waals surface area contributed by atoms with E-state index in [4.69, 9.17) is 4.98 Å². The van der Waals surface area contributed by atoms with E-state index >= 15 is 0 Å². The lowest BCUT2D eigenvalue weighted by atomic mass is 9.92. The summed E-state index contributed by atoms with van der Waals surface area (Å²) < 4.78 is 0. The highest BCUT2D eigenvalue weighted by molar-refractivity contribution is 5.37. The lowest BCUT2D eigenvalue weighted by molar-refractivity contribution is 0.214. The zero-order chi connectivity index (χ0) is 14.1. The molecule has 0 radical (unpaired) electrons. The number of rotatable bonds is 2. The van der Waals surface area contributed by atoms with Crippen LogP contribution < -0.4 is 0 Å². The van der Waals surface area contributed by atoms with Gasteiger partial charge in [-0.25, -0.2) is 0 Å². The summed E-state index contributed by atoms with van der Waals surface area (Å²) in [7, 11) is 0. The second kappa shape index (κ2) is 5.37. The summed E-state index contributed by atoms with van der Waals surface area (Å²) in [4.78, 5) is 4.76. The van der Waals surface area contributed by atoms with Crippen LogP contribution in [0.5, 0.6) is 0 Å². The molecule has 1 N–H and O–H groups in total. The fourth-order valence-electron chi connectivity index (χ4n) is 2.95. The molecule has 2 heteroatoms. The zero-order valence-electron chi connectivity index (χ0n) is 12.2. The van der Waals surface area contributed by atoms with Gasteiger partial charge in [-0.2, -0.15) is 0 Å². The second-order valence-electron chi connectivity index (χ2n) is 5.82. The Hall–Kier alpha value is -1.67. The Morgan fingerprint density at radius 3 is 2.50 bits per heavy atom. The Morgan fingerprint density at radius 2 is 1.75 bits per heavy atom. The maximum absolute atomic E-state index is 10.6. The summed E-state index contributed by atoms with van der Waals surface area (Å²) >= 11 is 0. The molecule has 0 bridgehead atoms. The number of aryl methyl sites for hydroxylation is 4. The summed E-state index contributed by atoms with van der Waals surface area (Å²) in [5.41, 5.74) is 6.59. The maximum atomic E-state index is 10.6. The minimum atomic E-state index is -0.622. The van der Waals surface area contributed by atoms with Crippen LogP contribution in [0.3, 0.4) is 0 Å². The molecule has 1 heterocycles. The third-order valence-corrected chi connectivity index (χ3v) is 4.18. The van der Waals surface area contributed by atoms with Crippen molar-refractivity contribution in [3.8, 4) is 0 Å². The minimum Gasteiger partial charge on any atom is -0.382 e. The summed E-state index contributed by atoms with van der Waals surface area (Å²) in [6.45, 7) is 4.10. The summed E-state index contributed by atoms with van der Waals surface area (Å²) in [5.74, 6) is 0. The highest BCUT2D eigenvalue weighted by atomic mass is 16.3. The third-order valence-electron chi connectivity index (χ3n) is 4.18. The summed E-state index contributed by atoms with van der Waals surface area (Å²) in [6, 6.07) is 10.3. The summed E-state index contributed by atoms with van der Waals surface area (Å²) in [6.07, 6.45) is 4.02. The van der Waals surface area contributed by atoms with Crippen LogP contribution in [0.2, 0.25) is 0 Å². The monoisotopic (exact) mass is 267 g/mol. The topological polar surface area (TPSA) is 33.1 Å². The average Bonchev–Trinajstić information content (AvgIpc) is 2.46. The van der Waals surface area contributed by atoms with Gasteiger partial charge in [0.25, 0.3) is 0 Å². The predicted molar refractivity (Wildman–Crippen MR) is 80.9 cm³/mol. The zero-order valence-corrected chi connectivity index (χ0v) is 12.2. The second-order valence-corrected chi connectivity index (χ2v) is 5.82. The van der Waals surface area contributed by atoms with Gasteiger partial charge in [-0.3, -0.25) is 4.98 Å². The molecule has 0 saturated heterocycles. The lowest BCUT2D eigenvalue weighted by Crippen LogP contribution is -2.12. The number of aliphatic hydroxyl groups is 1. The van der Waals surface area contributed by atoms with Gasteiger partial charge in [0.15, 0.2) is 0 Å². The van der Waals surface area contributed by atoms with E-state index in [9.17, 15) is 5.11 Å². The third kappa shape index (κ3) is 2.48. The number of aromatic nitrogens is 1. The first-order valence-corrected chi connectivity index (χ1v) is 7.39. The molecule has 20 heavy (non-hydrogen) atoms. The van der Waals surface area contributed by atoms with E-state index in [1.54, 1.807) is 0 Å². The van der Waals surface area contributed by atoms with Gasteiger partial charge >= 0.3 is 0 Å². The molecule has 2 aromatic rings.